The third-order valence-electron chi connectivity index (χ3n) is 4.15. The Bertz CT molecular complexity index is 588. The predicted octanol–water partition coefficient (Wildman–Crippen LogP) is 1.43. The van der Waals surface area contributed by atoms with Crippen molar-refractivity contribution in [3.05, 3.63) is 34.9 Å². The Morgan fingerprint density at radius 3 is 2.67 bits per heavy atom. The van der Waals surface area contributed by atoms with Crippen molar-refractivity contribution in [1.29, 1.82) is 0 Å². The summed E-state index contributed by atoms with van der Waals surface area (Å²) >= 11 is 0. The van der Waals surface area contributed by atoms with E-state index in [-0.39, 0.29) is 6.54 Å². The van der Waals surface area contributed by atoms with Crippen molar-refractivity contribution in [2.75, 3.05) is 13.1 Å². The van der Waals surface area contributed by atoms with E-state index in [2.05, 4.69) is 5.32 Å². The summed E-state index contributed by atoms with van der Waals surface area (Å²) in [5.41, 5.74) is -0.337. The highest BCUT2D eigenvalue weighted by Crippen LogP contribution is 2.38. The summed E-state index contributed by atoms with van der Waals surface area (Å²) in [6.45, 7) is 0.596. The van der Waals surface area contributed by atoms with Gasteiger partial charge in [0.2, 0.25) is 0 Å². The van der Waals surface area contributed by atoms with Crippen LogP contribution in [0, 0.1) is 0 Å². The zero-order valence-electron chi connectivity index (χ0n) is 11.2. The average Bonchev–Trinajstić information content (AvgIpc) is 3.03. The van der Waals surface area contributed by atoms with Crippen molar-refractivity contribution >= 4 is 5.91 Å². The van der Waals surface area contributed by atoms with Gasteiger partial charge in [-0.3, -0.25) is 4.79 Å². The number of hydrogen-bond donors (Lipinski definition) is 2. The van der Waals surface area contributed by atoms with Crippen LogP contribution in [0.2, 0.25) is 0 Å². The number of alkyl halides is 3. The van der Waals surface area contributed by atoms with Gasteiger partial charge >= 0.3 is 6.18 Å². The largest absolute Gasteiger partial charge is 0.419 e. The highest BCUT2D eigenvalue weighted by molar-refractivity contribution is 5.94. The van der Waals surface area contributed by atoms with E-state index >= 15 is 0 Å². The predicted molar refractivity (Wildman–Crippen MR) is 68.5 cm³/mol. The van der Waals surface area contributed by atoms with Crippen molar-refractivity contribution in [2.45, 2.75) is 31.3 Å². The van der Waals surface area contributed by atoms with Crippen molar-refractivity contribution in [3.8, 4) is 0 Å². The number of β-amino-alcohol motifs (C(OH)–C–C–N with tert-alkyl or cyclic N) is 1. The van der Waals surface area contributed by atoms with Crippen LogP contribution >= 0.6 is 0 Å². The van der Waals surface area contributed by atoms with Gasteiger partial charge < -0.3 is 15.3 Å². The number of nitrogens with one attached hydrogen (secondary N) is 1. The van der Waals surface area contributed by atoms with Crippen LogP contribution in [-0.4, -0.2) is 40.8 Å². The summed E-state index contributed by atoms with van der Waals surface area (Å²) < 4.78 is 38.3. The first kappa shape index (κ1) is 14.3. The van der Waals surface area contributed by atoms with E-state index in [1.807, 2.05) is 6.07 Å². The lowest BCUT2D eigenvalue weighted by Crippen LogP contribution is -2.48. The monoisotopic (exact) mass is 300 g/mol. The van der Waals surface area contributed by atoms with Gasteiger partial charge in [-0.25, -0.2) is 0 Å². The van der Waals surface area contributed by atoms with E-state index in [1.54, 1.807) is 12.1 Å². The van der Waals surface area contributed by atoms with Gasteiger partial charge in [-0.2, -0.15) is 13.2 Å². The van der Waals surface area contributed by atoms with E-state index in [9.17, 15) is 23.1 Å². The molecule has 0 spiro atoms. The lowest BCUT2D eigenvalue weighted by atomic mass is 10.0. The van der Waals surface area contributed by atoms with Crippen LogP contribution in [0.15, 0.2) is 18.2 Å². The zero-order chi connectivity index (χ0) is 15.3. The van der Waals surface area contributed by atoms with Crippen molar-refractivity contribution in [3.63, 3.8) is 0 Å². The fourth-order valence-corrected chi connectivity index (χ4v) is 2.81. The third kappa shape index (κ3) is 2.40. The molecule has 114 valence electrons. The number of benzene rings is 1. The Labute approximate surface area is 119 Å². The van der Waals surface area contributed by atoms with Gasteiger partial charge in [0.15, 0.2) is 5.60 Å². The number of carbonyl (C=O) groups is 1. The molecule has 7 heteroatoms. The van der Waals surface area contributed by atoms with Gasteiger partial charge in [0.25, 0.3) is 5.91 Å². The van der Waals surface area contributed by atoms with Gasteiger partial charge in [-0.05, 0) is 23.3 Å². The topological polar surface area (TPSA) is 52.6 Å². The number of hydrogen-bond acceptors (Lipinski definition) is 3. The maximum Gasteiger partial charge on any atom is 0.419 e. The summed E-state index contributed by atoms with van der Waals surface area (Å²) in [6.07, 6.45) is -5.20. The molecule has 0 radical (unpaired) electrons. The molecule has 1 unspecified atom stereocenters. The van der Waals surface area contributed by atoms with Gasteiger partial charge in [0, 0.05) is 31.6 Å². The molecule has 2 aliphatic rings. The van der Waals surface area contributed by atoms with Gasteiger partial charge in [0.1, 0.15) is 0 Å². The van der Waals surface area contributed by atoms with E-state index in [1.165, 1.54) is 0 Å². The summed E-state index contributed by atoms with van der Waals surface area (Å²) in [5.74, 6) is -0.468. The lowest BCUT2D eigenvalue weighted by Gasteiger charge is -2.26. The number of carbonyl (C=O) groups excluding carboxylic acids is 1. The minimum absolute atomic E-state index is 0.0931. The molecule has 0 saturated carbocycles. The highest BCUT2D eigenvalue weighted by Gasteiger charge is 2.57. The Balaban J connectivity index is 1.78. The molecule has 3 rings (SSSR count). The van der Waals surface area contributed by atoms with Crippen LogP contribution in [0.1, 0.15) is 27.9 Å². The molecule has 1 saturated heterocycles. The molecule has 2 N–H and O–H groups in total. The second-order valence-electron chi connectivity index (χ2n) is 5.59. The first-order chi connectivity index (χ1) is 9.80. The van der Waals surface area contributed by atoms with E-state index < -0.39 is 30.7 Å². The number of halogens is 3. The summed E-state index contributed by atoms with van der Waals surface area (Å²) in [5, 5.41) is 12.8. The molecule has 2 aliphatic heterocycles. The fourth-order valence-electron chi connectivity index (χ4n) is 2.81. The van der Waals surface area contributed by atoms with Gasteiger partial charge in [-0.1, -0.05) is 6.07 Å². The normalized spacial score (nSPS) is 25.2. The Morgan fingerprint density at radius 2 is 2.00 bits per heavy atom. The molecular weight excluding hydrogens is 285 g/mol. The van der Waals surface area contributed by atoms with E-state index in [4.69, 9.17) is 0 Å². The maximum absolute atomic E-state index is 12.8. The molecule has 1 aromatic carbocycles. The Hall–Kier alpha value is -1.60. The zero-order valence-corrected chi connectivity index (χ0v) is 11.2. The molecule has 4 nitrogen and oxygen atoms in total. The second kappa shape index (κ2) is 4.71. The van der Waals surface area contributed by atoms with Gasteiger partial charge in [0.05, 0.1) is 6.54 Å². The van der Waals surface area contributed by atoms with Crippen LogP contribution in [0.4, 0.5) is 13.2 Å². The first-order valence-electron chi connectivity index (χ1n) is 6.71. The van der Waals surface area contributed by atoms with Crippen LogP contribution in [0.5, 0.6) is 0 Å². The molecule has 2 heterocycles. The van der Waals surface area contributed by atoms with E-state index in [0.29, 0.717) is 12.1 Å². The molecule has 1 aromatic rings. The number of amides is 1. The highest BCUT2D eigenvalue weighted by atomic mass is 19.4. The van der Waals surface area contributed by atoms with Crippen LogP contribution < -0.4 is 5.32 Å². The minimum atomic E-state index is -4.72. The van der Waals surface area contributed by atoms with Crippen molar-refractivity contribution in [2.24, 2.45) is 0 Å². The Kier molecular flexibility index (Phi) is 3.22. The van der Waals surface area contributed by atoms with Crippen LogP contribution in [-0.2, 0) is 13.1 Å². The minimum Gasteiger partial charge on any atom is -0.379 e. The summed E-state index contributed by atoms with van der Waals surface area (Å²) in [4.78, 5) is 13.4. The summed E-state index contributed by atoms with van der Waals surface area (Å²) in [6, 6.07) is 5.15. The molecule has 1 amide bonds. The van der Waals surface area contributed by atoms with Crippen molar-refractivity contribution in [1.82, 2.24) is 10.2 Å². The lowest BCUT2D eigenvalue weighted by molar-refractivity contribution is -0.253. The third-order valence-corrected chi connectivity index (χ3v) is 4.15. The molecule has 1 fully saturated rings. The smallest absolute Gasteiger partial charge is 0.379 e. The average molecular weight is 300 g/mol. The number of nitrogens with zero attached hydrogens (tertiary/aromatic N) is 1. The number of aliphatic hydroxyl groups is 1. The van der Waals surface area contributed by atoms with Crippen LogP contribution in [0.25, 0.3) is 0 Å². The molecule has 0 bridgehead atoms. The maximum atomic E-state index is 12.8. The molecule has 21 heavy (non-hydrogen) atoms. The van der Waals surface area contributed by atoms with Crippen LogP contribution in [0.3, 0.4) is 0 Å². The molecule has 0 aliphatic carbocycles. The standard InChI is InChI=1S/C14H15F3N2O2/c15-14(16,17)13(21)3-4-19(8-13)12(20)9-1-2-10-6-18-7-11(10)5-9/h1-2,5,18,21H,3-4,6-8H2. The molecular formula is C14H15F3N2O2. The Morgan fingerprint density at radius 1 is 1.29 bits per heavy atom. The van der Waals surface area contributed by atoms with Gasteiger partial charge in [-0.15, -0.1) is 0 Å². The summed E-state index contributed by atoms with van der Waals surface area (Å²) in [7, 11) is 0. The second-order valence-corrected chi connectivity index (χ2v) is 5.59. The number of rotatable bonds is 1. The molecule has 1 atom stereocenters. The molecule has 0 aromatic heterocycles. The first-order valence-corrected chi connectivity index (χ1v) is 6.71. The van der Waals surface area contributed by atoms with Crippen molar-refractivity contribution < 1.29 is 23.1 Å². The number of likely N-dealkylation sites (tertiary alicyclic amines) is 1. The fraction of sp³-hybridized carbons (Fsp3) is 0.500. The quantitative estimate of drug-likeness (QED) is 0.825. The van der Waals surface area contributed by atoms with E-state index in [0.717, 1.165) is 22.6 Å². The SMILES string of the molecule is O=C(c1ccc2c(c1)CNC2)N1CCC(O)(C(F)(F)F)C1. The number of fused-ring (bicyclic) bond motifs is 1.